The highest BCUT2D eigenvalue weighted by atomic mass is 16.5. The fourth-order valence-electron chi connectivity index (χ4n) is 1.23. The van der Waals surface area contributed by atoms with E-state index < -0.39 is 0 Å². The quantitative estimate of drug-likeness (QED) is 0.567. The van der Waals surface area contributed by atoms with Crippen molar-refractivity contribution in [1.82, 2.24) is 4.90 Å². The maximum Gasteiger partial charge on any atom is 0.0593 e. The van der Waals surface area contributed by atoms with Crippen molar-refractivity contribution in [2.75, 3.05) is 39.9 Å². The predicted octanol–water partition coefficient (Wildman–Crippen LogP) is 0.694. The summed E-state index contributed by atoms with van der Waals surface area (Å²) >= 11 is 0. The number of hydrogen-bond acceptors (Lipinski definition) is 3. The topological polar surface area (TPSA) is 38.5 Å². The summed E-state index contributed by atoms with van der Waals surface area (Å²) in [5.41, 5.74) is 5.42. The molecular formula is C10H22N2O. The molecule has 13 heavy (non-hydrogen) atoms. The van der Waals surface area contributed by atoms with Crippen LogP contribution in [0.4, 0.5) is 0 Å². The van der Waals surface area contributed by atoms with Gasteiger partial charge in [-0.3, -0.25) is 0 Å². The lowest BCUT2D eigenvalue weighted by atomic mass is 10.4. The third kappa shape index (κ3) is 6.02. The monoisotopic (exact) mass is 186 g/mol. The number of rotatable bonds is 8. The smallest absolute Gasteiger partial charge is 0.0593 e. The van der Waals surface area contributed by atoms with Gasteiger partial charge in [0.2, 0.25) is 0 Å². The van der Waals surface area contributed by atoms with Crippen LogP contribution in [0.2, 0.25) is 0 Å². The Labute approximate surface area is 81.2 Å². The first-order valence-corrected chi connectivity index (χ1v) is 5.29. The van der Waals surface area contributed by atoms with Gasteiger partial charge in [0, 0.05) is 13.2 Å². The van der Waals surface area contributed by atoms with Crippen LogP contribution >= 0.6 is 0 Å². The van der Waals surface area contributed by atoms with Crippen LogP contribution in [0.3, 0.4) is 0 Å². The second-order valence-electron chi connectivity index (χ2n) is 3.96. The van der Waals surface area contributed by atoms with Crippen LogP contribution in [-0.4, -0.2) is 44.8 Å². The van der Waals surface area contributed by atoms with Crippen molar-refractivity contribution in [3.8, 4) is 0 Å². The summed E-state index contributed by atoms with van der Waals surface area (Å²) < 4.78 is 5.54. The van der Waals surface area contributed by atoms with Gasteiger partial charge in [-0.05, 0) is 45.3 Å². The minimum absolute atomic E-state index is 0.785. The molecule has 0 spiro atoms. The first-order chi connectivity index (χ1) is 6.33. The molecule has 0 amide bonds. The molecule has 3 heteroatoms. The third-order valence-electron chi connectivity index (χ3n) is 2.41. The van der Waals surface area contributed by atoms with Crippen molar-refractivity contribution >= 4 is 0 Å². The fourth-order valence-corrected chi connectivity index (χ4v) is 1.23. The molecule has 2 N–H and O–H groups in total. The molecule has 78 valence electrons. The molecule has 0 aliphatic heterocycles. The van der Waals surface area contributed by atoms with Crippen LogP contribution in [0.15, 0.2) is 0 Å². The average Bonchev–Trinajstić information content (AvgIpc) is 2.92. The molecule has 3 nitrogen and oxygen atoms in total. The van der Waals surface area contributed by atoms with E-state index in [9.17, 15) is 0 Å². The summed E-state index contributed by atoms with van der Waals surface area (Å²) in [5, 5.41) is 0. The fraction of sp³-hybridized carbons (Fsp3) is 1.00. The van der Waals surface area contributed by atoms with E-state index in [1.165, 1.54) is 12.8 Å². The van der Waals surface area contributed by atoms with Gasteiger partial charge in [0.15, 0.2) is 0 Å². The van der Waals surface area contributed by atoms with E-state index in [1.54, 1.807) is 0 Å². The van der Waals surface area contributed by atoms with Gasteiger partial charge in [-0.15, -0.1) is 0 Å². The predicted molar refractivity (Wildman–Crippen MR) is 54.7 cm³/mol. The van der Waals surface area contributed by atoms with Gasteiger partial charge < -0.3 is 15.4 Å². The van der Waals surface area contributed by atoms with Crippen LogP contribution in [0.5, 0.6) is 0 Å². The van der Waals surface area contributed by atoms with E-state index in [2.05, 4.69) is 11.9 Å². The van der Waals surface area contributed by atoms with E-state index in [0.717, 1.165) is 45.2 Å². The molecule has 0 aromatic rings. The number of nitrogens with zero attached hydrogens (tertiary/aromatic N) is 1. The summed E-state index contributed by atoms with van der Waals surface area (Å²) in [6, 6.07) is 0. The maximum atomic E-state index is 5.54. The van der Waals surface area contributed by atoms with Crippen molar-refractivity contribution in [3.05, 3.63) is 0 Å². The van der Waals surface area contributed by atoms with Gasteiger partial charge in [-0.1, -0.05) is 0 Å². The van der Waals surface area contributed by atoms with E-state index in [0.29, 0.717) is 0 Å². The zero-order valence-electron chi connectivity index (χ0n) is 8.67. The summed E-state index contributed by atoms with van der Waals surface area (Å²) in [7, 11) is 2.12. The highest BCUT2D eigenvalue weighted by molar-refractivity contribution is 4.71. The zero-order chi connectivity index (χ0) is 9.52. The Morgan fingerprint density at radius 2 is 2.15 bits per heavy atom. The van der Waals surface area contributed by atoms with Crippen molar-refractivity contribution < 1.29 is 4.74 Å². The maximum absolute atomic E-state index is 5.54. The Bertz CT molecular complexity index is 126. The van der Waals surface area contributed by atoms with Gasteiger partial charge in [-0.2, -0.15) is 0 Å². The first kappa shape index (κ1) is 11.0. The lowest BCUT2D eigenvalue weighted by Gasteiger charge is -2.15. The van der Waals surface area contributed by atoms with Gasteiger partial charge in [0.1, 0.15) is 0 Å². The highest BCUT2D eigenvalue weighted by Gasteiger charge is 2.20. The summed E-state index contributed by atoms with van der Waals surface area (Å²) in [4.78, 5) is 2.28. The van der Waals surface area contributed by atoms with Gasteiger partial charge in [0.25, 0.3) is 0 Å². The molecule has 0 aromatic heterocycles. The van der Waals surface area contributed by atoms with Crippen LogP contribution < -0.4 is 5.73 Å². The molecule has 0 saturated heterocycles. The second kappa shape index (κ2) is 6.35. The van der Waals surface area contributed by atoms with Gasteiger partial charge in [0.05, 0.1) is 6.61 Å². The Kier molecular flexibility index (Phi) is 5.35. The molecule has 0 unspecified atom stereocenters. The van der Waals surface area contributed by atoms with E-state index in [1.807, 2.05) is 0 Å². The van der Waals surface area contributed by atoms with Crippen molar-refractivity contribution in [2.45, 2.75) is 19.3 Å². The van der Waals surface area contributed by atoms with Crippen molar-refractivity contribution in [1.29, 1.82) is 0 Å². The van der Waals surface area contributed by atoms with Gasteiger partial charge in [-0.25, -0.2) is 0 Å². The lowest BCUT2D eigenvalue weighted by molar-refractivity contribution is 0.103. The molecule has 0 heterocycles. The Balaban J connectivity index is 1.79. The van der Waals surface area contributed by atoms with Gasteiger partial charge >= 0.3 is 0 Å². The van der Waals surface area contributed by atoms with Crippen LogP contribution in [-0.2, 0) is 4.74 Å². The molecule has 0 aromatic carbocycles. The third-order valence-corrected chi connectivity index (χ3v) is 2.41. The number of ether oxygens (including phenoxy) is 1. The van der Waals surface area contributed by atoms with Crippen LogP contribution in [0.1, 0.15) is 19.3 Å². The molecule has 1 fully saturated rings. The van der Waals surface area contributed by atoms with E-state index in [-0.39, 0.29) is 0 Å². The van der Waals surface area contributed by atoms with E-state index in [4.69, 9.17) is 10.5 Å². The normalized spacial score (nSPS) is 16.8. The minimum atomic E-state index is 0.785. The largest absolute Gasteiger partial charge is 0.380 e. The van der Waals surface area contributed by atoms with Crippen LogP contribution in [0.25, 0.3) is 0 Å². The summed E-state index contributed by atoms with van der Waals surface area (Å²) in [6.07, 6.45) is 3.84. The highest BCUT2D eigenvalue weighted by Crippen LogP contribution is 2.28. The van der Waals surface area contributed by atoms with Crippen molar-refractivity contribution in [2.24, 2.45) is 11.7 Å². The minimum Gasteiger partial charge on any atom is -0.380 e. The molecule has 1 aliphatic carbocycles. The molecule has 0 radical (unpaired) electrons. The summed E-state index contributed by atoms with van der Waals surface area (Å²) in [6.45, 7) is 4.76. The average molecular weight is 186 g/mol. The molecule has 1 aliphatic rings. The zero-order valence-corrected chi connectivity index (χ0v) is 8.67. The molecule has 0 atom stereocenters. The van der Waals surface area contributed by atoms with E-state index >= 15 is 0 Å². The molecule has 1 rings (SSSR count). The van der Waals surface area contributed by atoms with Crippen molar-refractivity contribution in [3.63, 3.8) is 0 Å². The Hall–Kier alpha value is -0.120. The Morgan fingerprint density at radius 1 is 1.38 bits per heavy atom. The SMILES string of the molecule is CN(CCCN)CCOCC1CC1. The number of likely N-dealkylation sites (N-methyl/N-ethyl adjacent to an activating group) is 1. The first-order valence-electron chi connectivity index (χ1n) is 5.29. The molecule has 1 saturated carbocycles. The second-order valence-corrected chi connectivity index (χ2v) is 3.96. The Morgan fingerprint density at radius 3 is 2.77 bits per heavy atom. The number of hydrogen-bond donors (Lipinski definition) is 1. The molecule has 0 bridgehead atoms. The molecular weight excluding hydrogens is 164 g/mol. The van der Waals surface area contributed by atoms with Crippen LogP contribution in [0, 0.1) is 5.92 Å². The standard InChI is InChI=1S/C10H22N2O/c1-12(6-2-5-11)7-8-13-9-10-3-4-10/h10H,2-9,11H2,1H3. The lowest BCUT2D eigenvalue weighted by Crippen LogP contribution is -2.26. The number of nitrogens with two attached hydrogens (primary N) is 1. The summed E-state index contributed by atoms with van der Waals surface area (Å²) in [5.74, 6) is 0.884.